The van der Waals surface area contributed by atoms with Crippen LogP contribution in [-0.4, -0.2) is 22.6 Å². The molecule has 7 heteroatoms. The molecule has 4 rings (SSSR count). The number of nitrogens with one attached hydrogen (secondary N) is 1. The minimum absolute atomic E-state index is 0.0741. The van der Waals surface area contributed by atoms with Gasteiger partial charge in [0.25, 0.3) is 11.5 Å². The lowest BCUT2D eigenvalue weighted by atomic mass is 10.1. The van der Waals surface area contributed by atoms with Crippen molar-refractivity contribution in [1.29, 1.82) is 0 Å². The maximum atomic E-state index is 12.9. The number of rotatable bonds is 6. The third-order valence-electron chi connectivity index (χ3n) is 5.06. The molecule has 162 valence electrons. The van der Waals surface area contributed by atoms with Gasteiger partial charge in [0.05, 0.1) is 19.3 Å². The van der Waals surface area contributed by atoms with Crippen LogP contribution in [0, 0.1) is 13.8 Å². The standard InChI is InChI=1S/C25H23N3O3S/c1-16-6-4-7-18(12-16)14-28-11-5-8-19(24(28)30)23(29)27-25-26-21(15-32-25)20-13-17(2)9-10-22(20)31-3/h4-13,15H,14H2,1-3H3,(H,26,27,29). The van der Waals surface area contributed by atoms with E-state index in [4.69, 9.17) is 4.74 Å². The summed E-state index contributed by atoms with van der Waals surface area (Å²) in [7, 11) is 1.61. The van der Waals surface area contributed by atoms with Crippen LogP contribution >= 0.6 is 11.3 Å². The molecule has 32 heavy (non-hydrogen) atoms. The van der Waals surface area contributed by atoms with Crippen LogP contribution in [0.4, 0.5) is 5.13 Å². The molecule has 0 saturated heterocycles. The number of hydrogen-bond donors (Lipinski definition) is 1. The Bertz CT molecular complexity index is 1340. The normalized spacial score (nSPS) is 10.7. The van der Waals surface area contributed by atoms with Crippen molar-refractivity contribution in [2.24, 2.45) is 0 Å². The number of carbonyl (C=O) groups is 1. The topological polar surface area (TPSA) is 73.2 Å². The fraction of sp³-hybridized carbons (Fsp3) is 0.160. The molecule has 2 heterocycles. The summed E-state index contributed by atoms with van der Waals surface area (Å²) in [6, 6.07) is 17.0. The second-order valence-electron chi connectivity index (χ2n) is 7.54. The molecule has 0 bridgehead atoms. The summed E-state index contributed by atoms with van der Waals surface area (Å²) in [4.78, 5) is 30.3. The van der Waals surface area contributed by atoms with E-state index in [-0.39, 0.29) is 11.1 Å². The molecule has 0 fully saturated rings. The molecule has 2 aromatic heterocycles. The summed E-state index contributed by atoms with van der Waals surface area (Å²) >= 11 is 1.30. The highest BCUT2D eigenvalue weighted by Crippen LogP contribution is 2.33. The van der Waals surface area contributed by atoms with Gasteiger partial charge in [-0.25, -0.2) is 4.98 Å². The number of thiazole rings is 1. The number of methoxy groups -OCH3 is 1. The van der Waals surface area contributed by atoms with E-state index in [2.05, 4.69) is 10.3 Å². The van der Waals surface area contributed by atoms with E-state index in [1.165, 1.54) is 22.0 Å². The lowest BCUT2D eigenvalue weighted by Gasteiger charge is -2.09. The predicted octanol–water partition coefficient (Wildman–Crippen LogP) is 4.90. The minimum Gasteiger partial charge on any atom is -0.496 e. The van der Waals surface area contributed by atoms with E-state index >= 15 is 0 Å². The molecule has 0 radical (unpaired) electrons. The first-order valence-corrected chi connectivity index (χ1v) is 11.0. The van der Waals surface area contributed by atoms with Crippen molar-refractivity contribution in [1.82, 2.24) is 9.55 Å². The number of aryl methyl sites for hydroxylation is 2. The van der Waals surface area contributed by atoms with Crippen molar-refractivity contribution in [2.75, 3.05) is 12.4 Å². The molecule has 6 nitrogen and oxygen atoms in total. The Balaban J connectivity index is 1.55. The molecule has 4 aromatic rings. The number of nitrogens with zero attached hydrogens (tertiary/aromatic N) is 2. The predicted molar refractivity (Wildman–Crippen MR) is 128 cm³/mol. The highest BCUT2D eigenvalue weighted by molar-refractivity contribution is 7.14. The average Bonchev–Trinajstić information content (AvgIpc) is 3.23. The molecule has 0 aliphatic heterocycles. The van der Waals surface area contributed by atoms with Gasteiger partial charge in [0, 0.05) is 17.1 Å². The van der Waals surface area contributed by atoms with E-state index in [0.29, 0.717) is 23.1 Å². The van der Waals surface area contributed by atoms with Crippen LogP contribution in [0.2, 0.25) is 0 Å². The van der Waals surface area contributed by atoms with E-state index < -0.39 is 5.91 Å². The van der Waals surface area contributed by atoms with Crippen LogP contribution in [0.25, 0.3) is 11.3 Å². The zero-order chi connectivity index (χ0) is 22.7. The fourth-order valence-electron chi connectivity index (χ4n) is 3.48. The van der Waals surface area contributed by atoms with Gasteiger partial charge in [-0.2, -0.15) is 0 Å². The average molecular weight is 446 g/mol. The summed E-state index contributed by atoms with van der Waals surface area (Å²) in [6.45, 7) is 4.40. The molecular formula is C25H23N3O3S. The third-order valence-corrected chi connectivity index (χ3v) is 5.81. The van der Waals surface area contributed by atoms with Crippen LogP contribution in [-0.2, 0) is 6.54 Å². The molecule has 1 amide bonds. The number of ether oxygens (including phenoxy) is 1. The molecule has 0 atom stereocenters. The monoisotopic (exact) mass is 445 g/mol. The van der Waals surface area contributed by atoms with E-state index in [0.717, 1.165) is 22.3 Å². The van der Waals surface area contributed by atoms with Crippen molar-refractivity contribution in [3.8, 4) is 17.0 Å². The van der Waals surface area contributed by atoms with Crippen LogP contribution in [0.15, 0.2) is 71.0 Å². The number of hydrogen-bond acceptors (Lipinski definition) is 5. The van der Waals surface area contributed by atoms with Gasteiger partial charge in [-0.05, 0) is 43.7 Å². The summed E-state index contributed by atoms with van der Waals surface area (Å²) in [6.07, 6.45) is 1.69. The van der Waals surface area contributed by atoms with Crippen LogP contribution in [0.5, 0.6) is 5.75 Å². The Morgan fingerprint density at radius 2 is 1.91 bits per heavy atom. The molecule has 2 aromatic carbocycles. The second-order valence-corrected chi connectivity index (χ2v) is 8.40. The van der Waals surface area contributed by atoms with Crippen molar-refractivity contribution in [2.45, 2.75) is 20.4 Å². The van der Waals surface area contributed by atoms with Gasteiger partial charge >= 0.3 is 0 Å². The fourth-order valence-corrected chi connectivity index (χ4v) is 4.19. The van der Waals surface area contributed by atoms with Crippen molar-refractivity contribution < 1.29 is 9.53 Å². The molecule has 0 spiro atoms. The van der Waals surface area contributed by atoms with Crippen LogP contribution in [0.3, 0.4) is 0 Å². The quantitative estimate of drug-likeness (QED) is 0.458. The number of aromatic nitrogens is 2. The maximum absolute atomic E-state index is 12.9. The van der Waals surface area contributed by atoms with E-state index in [1.807, 2.05) is 61.7 Å². The number of amides is 1. The van der Waals surface area contributed by atoms with Gasteiger partial charge in [-0.15, -0.1) is 11.3 Å². The second kappa shape index (κ2) is 9.20. The Kier molecular flexibility index (Phi) is 6.18. The number of anilines is 1. The zero-order valence-electron chi connectivity index (χ0n) is 18.1. The first kappa shape index (κ1) is 21.5. The minimum atomic E-state index is -0.481. The van der Waals surface area contributed by atoms with Crippen LogP contribution < -0.4 is 15.6 Å². The third kappa shape index (κ3) is 4.63. The lowest BCUT2D eigenvalue weighted by molar-refractivity contribution is 0.102. The molecule has 0 aliphatic carbocycles. The SMILES string of the molecule is COc1ccc(C)cc1-c1csc(NC(=O)c2cccn(Cc3cccc(C)c3)c2=O)n1. The molecule has 0 saturated carbocycles. The van der Waals surface area contributed by atoms with Gasteiger partial charge in [0.15, 0.2) is 5.13 Å². The van der Waals surface area contributed by atoms with Crippen molar-refractivity contribution in [3.63, 3.8) is 0 Å². The van der Waals surface area contributed by atoms with Crippen LogP contribution in [0.1, 0.15) is 27.0 Å². The Hall–Kier alpha value is -3.71. The van der Waals surface area contributed by atoms with Gasteiger partial charge in [0.2, 0.25) is 0 Å². The Morgan fingerprint density at radius 1 is 1.09 bits per heavy atom. The summed E-state index contributed by atoms with van der Waals surface area (Å²) in [5.41, 5.74) is 4.49. The van der Waals surface area contributed by atoms with E-state index in [1.54, 1.807) is 19.4 Å². The first-order chi connectivity index (χ1) is 15.4. The largest absolute Gasteiger partial charge is 0.496 e. The Labute approximate surface area is 190 Å². The van der Waals surface area contributed by atoms with Gasteiger partial charge in [-0.1, -0.05) is 41.5 Å². The summed E-state index contributed by atoms with van der Waals surface area (Å²) in [5, 5.41) is 5.03. The van der Waals surface area contributed by atoms with Gasteiger partial charge in [0.1, 0.15) is 11.3 Å². The first-order valence-electron chi connectivity index (χ1n) is 10.1. The molecule has 0 unspecified atom stereocenters. The number of carbonyl (C=O) groups excluding carboxylic acids is 1. The molecule has 1 N–H and O–H groups in total. The van der Waals surface area contributed by atoms with Gasteiger partial charge < -0.3 is 9.30 Å². The summed E-state index contributed by atoms with van der Waals surface area (Å²) in [5.74, 6) is 0.228. The zero-order valence-corrected chi connectivity index (χ0v) is 18.9. The Morgan fingerprint density at radius 3 is 2.69 bits per heavy atom. The maximum Gasteiger partial charge on any atom is 0.263 e. The highest BCUT2D eigenvalue weighted by atomic mass is 32.1. The number of pyridine rings is 1. The lowest BCUT2D eigenvalue weighted by Crippen LogP contribution is -2.29. The number of benzene rings is 2. The molecular weight excluding hydrogens is 422 g/mol. The highest BCUT2D eigenvalue weighted by Gasteiger charge is 2.16. The van der Waals surface area contributed by atoms with E-state index in [9.17, 15) is 9.59 Å². The smallest absolute Gasteiger partial charge is 0.263 e. The van der Waals surface area contributed by atoms with Crippen molar-refractivity contribution >= 4 is 22.4 Å². The van der Waals surface area contributed by atoms with Crippen molar-refractivity contribution in [3.05, 3.63) is 98.8 Å². The summed E-state index contributed by atoms with van der Waals surface area (Å²) < 4.78 is 6.97. The molecule has 0 aliphatic rings. The van der Waals surface area contributed by atoms with Gasteiger partial charge in [-0.3, -0.25) is 14.9 Å².